The number of amides is 1. The van der Waals surface area contributed by atoms with Crippen molar-refractivity contribution in [1.29, 1.82) is 0 Å². The summed E-state index contributed by atoms with van der Waals surface area (Å²) in [7, 11) is 0. The van der Waals surface area contributed by atoms with Crippen molar-refractivity contribution in [2.75, 3.05) is 11.9 Å². The molecule has 0 spiro atoms. The summed E-state index contributed by atoms with van der Waals surface area (Å²) < 4.78 is 6.89. The smallest absolute Gasteiger partial charge is 0.258 e. The van der Waals surface area contributed by atoms with Crippen molar-refractivity contribution in [1.82, 2.24) is 10.3 Å². The van der Waals surface area contributed by atoms with Gasteiger partial charge < -0.3 is 10.1 Å². The molecule has 0 fully saturated rings. The number of para-hydroxylation sites is 2. The van der Waals surface area contributed by atoms with Gasteiger partial charge in [0, 0.05) is 14.5 Å². The van der Waals surface area contributed by atoms with Crippen molar-refractivity contribution in [3.8, 4) is 17.0 Å². The molecular weight excluding hydrogens is 557 g/mol. The van der Waals surface area contributed by atoms with Crippen LogP contribution in [0.5, 0.6) is 5.75 Å². The zero-order chi connectivity index (χ0) is 24.1. The molecule has 1 heterocycles. The second kappa shape index (κ2) is 10.9. The average molecular weight is 581 g/mol. The molecule has 5 nitrogen and oxygen atoms in total. The number of ether oxygens (including phenoxy) is 1. The van der Waals surface area contributed by atoms with Crippen LogP contribution >= 0.6 is 34.8 Å². The van der Waals surface area contributed by atoms with Gasteiger partial charge in [-0.25, -0.2) is 4.98 Å². The van der Waals surface area contributed by atoms with Crippen LogP contribution in [-0.4, -0.2) is 22.6 Å². The highest BCUT2D eigenvalue weighted by atomic mass is 127. The van der Waals surface area contributed by atoms with E-state index in [1.165, 1.54) is 0 Å². The number of carbonyl (C=O) groups excluding carboxylic acids is 1. The van der Waals surface area contributed by atoms with Crippen molar-refractivity contribution in [2.45, 2.75) is 13.8 Å². The first-order valence-electron chi connectivity index (χ1n) is 10.9. The van der Waals surface area contributed by atoms with Gasteiger partial charge in [-0.05, 0) is 77.1 Å². The maximum absolute atomic E-state index is 13.3. The minimum absolute atomic E-state index is 0.237. The van der Waals surface area contributed by atoms with E-state index >= 15 is 0 Å². The molecule has 34 heavy (non-hydrogen) atoms. The number of aromatic nitrogens is 1. The number of pyridine rings is 1. The Morgan fingerprint density at radius 1 is 1.03 bits per heavy atom. The SMILES string of the molecule is CC(C)COc1cccc(-c2cc(C(=O)NC(=S)Nc3ccccc3I)c3ccccc3n2)c1. The number of fused-ring (bicyclic) bond motifs is 1. The molecule has 0 atom stereocenters. The van der Waals surface area contributed by atoms with E-state index < -0.39 is 0 Å². The Morgan fingerprint density at radius 2 is 1.79 bits per heavy atom. The number of benzene rings is 3. The molecular formula is C27H24IN3O2S. The number of thiocarbonyl (C=S) groups is 1. The van der Waals surface area contributed by atoms with Gasteiger partial charge >= 0.3 is 0 Å². The lowest BCUT2D eigenvalue weighted by Gasteiger charge is -2.14. The van der Waals surface area contributed by atoms with E-state index in [1.807, 2.05) is 72.8 Å². The van der Waals surface area contributed by atoms with Crippen molar-refractivity contribution >= 4 is 62.4 Å². The zero-order valence-corrected chi connectivity index (χ0v) is 21.8. The lowest BCUT2D eigenvalue weighted by atomic mass is 10.0. The van der Waals surface area contributed by atoms with Crippen LogP contribution in [0, 0.1) is 9.49 Å². The largest absolute Gasteiger partial charge is 0.493 e. The van der Waals surface area contributed by atoms with E-state index in [1.54, 1.807) is 6.07 Å². The first-order valence-corrected chi connectivity index (χ1v) is 12.4. The molecule has 7 heteroatoms. The second-order valence-corrected chi connectivity index (χ2v) is 9.76. The van der Waals surface area contributed by atoms with Crippen molar-refractivity contribution in [3.63, 3.8) is 0 Å². The highest BCUT2D eigenvalue weighted by molar-refractivity contribution is 14.1. The topological polar surface area (TPSA) is 63.2 Å². The Balaban J connectivity index is 1.64. The summed E-state index contributed by atoms with van der Waals surface area (Å²) in [4.78, 5) is 18.1. The van der Waals surface area contributed by atoms with Gasteiger partial charge in [0.2, 0.25) is 0 Å². The molecule has 4 aromatic rings. The molecule has 172 valence electrons. The monoisotopic (exact) mass is 581 g/mol. The Kier molecular flexibility index (Phi) is 7.74. The van der Waals surface area contributed by atoms with Crippen LogP contribution in [0.3, 0.4) is 0 Å². The molecule has 0 bridgehead atoms. The van der Waals surface area contributed by atoms with Gasteiger partial charge in [-0.3, -0.25) is 10.1 Å². The predicted octanol–water partition coefficient (Wildman–Crippen LogP) is 6.67. The summed E-state index contributed by atoms with van der Waals surface area (Å²) >= 11 is 7.63. The van der Waals surface area contributed by atoms with E-state index in [9.17, 15) is 4.79 Å². The molecule has 0 aliphatic carbocycles. The van der Waals surface area contributed by atoms with E-state index in [4.69, 9.17) is 21.9 Å². The zero-order valence-electron chi connectivity index (χ0n) is 18.8. The number of anilines is 1. The fourth-order valence-corrected chi connectivity index (χ4v) is 4.13. The molecule has 0 aliphatic heterocycles. The standard InChI is InChI=1S/C27H24IN3O2S/c1-17(2)16-33-19-9-7-8-18(14-19)25-15-21(20-10-3-5-12-23(20)29-25)26(32)31-27(34)30-24-13-6-4-11-22(24)28/h3-15,17H,16H2,1-2H3,(H2,30,31,32,34). The van der Waals surface area contributed by atoms with E-state index in [0.29, 0.717) is 23.8 Å². The number of nitrogens with zero attached hydrogens (tertiary/aromatic N) is 1. The van der Waals surface area contributed by atoms with Crippen LogP contribution in [0.15, 0.2) is 78.9 Å². The number of hydrogen-bond acceptors (Lipinski definition) is 4. The molecule has 0 saturated heterocycles. The maximum Gasteiger partial charge on any atom is 0.258 e. The minimum Gasteiger partial charge on any atom is -0.493 e. The fourth-order valence-electron chi connectivity index (χ4n) is 3.41. The highest BCUT2D eigenvalue weighted by Crippen LogP contribution is 2.27. The first kappa shape index (κ1) is 24.1. The molecule has 0 radical (unpaired) electrons. The Bertz CT molecular complexity index is 1360. The lowest BCUT2D eigenvalue weighted by molar-refractivity contribution is 0.0979. The predicted molar refractivity (Wildman–Crippen MR) is 150 cm³/mol. The molecule has 0 aliphatic rings. The van der Waals surface area contributed by atoms with Crippen LogP contribution in [0.2, 0.25) is 0 Å². The number of hydrogen-bond donors (Lipinski definition) is 2. The highest BCUT2D eigenvalue weighted by Gasteiger charge is 2.16. The molecule has 1 amide bonds. The van der Waals surface area contributed by atoms with Gasteiger partial charge in [0.15, 0.2) is 5.11 Å². The van der Waals surface area contributed by atoms with Gasteiger partial charge in [0.25, 0.3) is 5.91 Å². The molecule has 2 N–H and O–H groups in total. The fraction of sp³-hybridized carbons (Fsp3) is 0.148. The maximum atomic E-state index is 13.3. The average Bonchev–Trinajstić information content (AvgIpc) is 2.83. The molecule has 1 aromatic heterocycles. The Hall–Kier alpha value is -3.04. The lowest BCUT2D eigenvalue weighted by Crippen LogP contribution is -2.34. The Labute approximate surface area is 218 Å². The van der Waals surface area contributed by atoms with Crippen molar-refractivity contribution in [2.24, 2.45) is 5.92 Å². The van der Waals surface area contributed by atoms with Crippen LogP contribution in [0.4, 0.5) is 5.69 Å². The minimum atomic E-state index is -0.296. The van der Waals surface area contributed by atoms with Crippen molar-refractivity contribution in [3.05, 3.63) is 88.0 Å². The van der Waals surface area contributed by atoms with Crippen LogP contribution < -0.4 is 15.4 Å². The molecule has 4 rings (SSSR count). The number of nitrogens with one attached hydrogen (secondary N) is 2. The number of rotatable bonds is 6. The van der Waals surface area contributed by atoms with E-state index in [0.717, 1.165) is 31.5 Å². The van der Waals surface area contributed by atoms with Gasteiger partial charge in [-0.15, -0.1) is 0 Å². The van der Waals surface area contributed by atoms with Crippen LogP contribution in [0.1, 0.15) is 24.2 Å². The third-order valence-electron chi connectivity index (χ3n) is 5.02. The summed E-state index contributed by atoms with van der Waals surface area (Å²) in [6, 6.07) is 24.9. The van der Waals surface area contributed by atoms with Gasteiger partial charge in [0.1, 0.15) is 5.75 Å². The summed E-state index contributed by atoms with van der Waals surface area (Å²) in [5.74, 6) is 0.903. The normalized spacial score (nSPS) is 10.8. The van der Waals surface area contributed by atoms with Crippen molar-refractivity contribution < 1.29 is 9.53 Å². The molecule has 0 unspecified atom stereocenters. The summed E-state index contributed by atoms with van der Waals surface area (Å²) in [6.45, 7) is 4.85. The van der Waals surface area contributed by atoms with Crippen LogP contribution in [0.25, 0.3) is 22.2 Å². The summed E-state index contributed by atoms with van der Waals surface area (Å²) in [5.41, 5.74) is 3.64. The van der Waals surface area contributed by atoms with Gasteiger partial charge in [0.05, 0.1) is 29.1 Å². The number of halogens is 1. The second-order valence-electron chi connectivity index (χ2n) is 8.19. The van der Waals surface area contributed by atoms with E-state index in [-0.39, 0.29) is 11.0 Å². The molecule has 0 saturated carbocycles. The third-order valence-corrected chi connectivity index (χ3v) is 6.17. The molecule has 3 aromatic carbocycles. The summed E-state index contributed by atoms with van der Waals surface area (Å²) in [5, 5.41) is 6.90. The first-order chi connectivity index (χ1) is 16.4. The van der Waals surface area contributed by atoms with Crippen LogP contribution in [-0.2, 0) is 0 Å². The van der Waals surface area contributed by atoms with E-state index in [2.05, 4.69) is 47.1 Å². The van der Waals surface area contributed by atoms with Gasteiger partial charge in [-0.1, -0.05) is 56.3 Å². The summed E-state index contributed by atoms with van der Waals surface area (Å²) in [6.07, 6.45) is 0. The number of carbonyl (C=O) groups is 1. The third kappa shape index (κ3) is 5.90. The quantitative estimate of drug-likeness (QED) is 0.197. The Morgan fingerprint density at radius 3 is 2.59 bits per heavy atom. The van der Waals surface area contributed by atoms with Gasteiger partial charge in [-0.2, -0.15) is 0 Å².